The van der Waals surface area contributed by atoms with Gasteiger partial charge in [0.2, 0.25) is 5.82 Å². The highest BCUT2D eigenvalue weighted by Gasteiger charge is 2.45. The van der Waals surface area contributed by atoms with Gasteiger partial charge in [0.1, 0.15) is 37.6 Å². The van der Waals surface area contributed by atoms with E-state index in [1.807, 2.05) is 36.4 Å². The zero-order valence-electron chi connectivity index (χ0n) is 21.6. The van der Waals surface area contributed by atoms with Crippen molar-refractivity contribution in [2.24, 2.45) is 0 Å². The van der Waals surface area contributed by atoms with Crippen LogP contribution in [-0.2, 0) is 31.4 Å². The van der Waals surface area contributed by atoms with Gasteiger partial charge in [-0.2, -0.15) is 16.2 Å². The number of aromatic nitrogens is 2. The number of carbonyl (C=O) groups excluding carboxylic acids is 2. The number of esters is 1. The van der Waals surface area contributed by atoms with Crippen LogP contribution in [0.15, 0.2) is 76.4 Å². The van der Waals surface area contributed by atoms with E-state index >= 15 is 0 Å². The number of benzene rings is 2. The molecule has 4 N–H and O–H groups in total. The first-order valence-corrected chi connectivity index (χ1v) is 13.7. The summed E-state index contributed by atoms with van der Waals surface area (Å²) in [4.78, 5) is 50.6. The molecule has 41 heavy (non-hydrogen) atoms. The van der Waals surface area contributed by atoms with Gasteiger partial charge < -0.3 is 29.7 Å². The molecule has 0 spiro atoms. The summed E-state index contributed by atoms with van der Waals surface area (Å²) < 4.78 is 30.3. The summed E-state index contributed by atoms with van der Waals surface area (Å²) in [6, 6.07) is 17.3. The van der Waals surface area contributed by atoms with Crippen molar-refractivity contribution in [3.63, 3.8) is 0 Å². The van der Waals surface area contributed by atoms with Crippen LogP contribution in [0.1, 0.15) is 17.4 Å². The summed E-state index contributed by atoms with van der Waals surface area (Å²) in [6.07, 6.45) is -6.49. The first kappa shape index (κ1) is 30.0. The monoisotopic (exact) mass is 589 g/mol. The van der Waals surface area contributed by atoms with Crippen LogP contribution in [0.2, 0.25) is 0 Å². The van der Waals surface area contributed by atoms with E-state index in [2.05, 4.69) is 5.32 Å². The largest absolute Gasteiger partial charge is 0.461 e. The van der Waals surface area contributed by atoms with Crippen LogP contribution in [0.5, 0.6) is 0 Å². The summed E-state index contributed by atoms with van der Waals surface area (Å²) >= 11 is 1.37. The molecule has 0 aliphatic carbocycles. The average molecular weight is 590 g/mol. The molecule has 3 aromatic rings. The fraction of sp³-hybridized carbons (Fsp3) is 0.333. The molecule has 12 nitrogen and oxygen atoms in total. The Labute approximate surface area is 237 Å². The van der Waals surface area contributed by atoms with Crippen LogP contribution in [-0.4, -0.2) is 68.5 Å². The van der Waals surface area contributed by atoms with Gasteiger partial charge in [-0.15, -0.1) is 0 Å². The lowest BCUT2D eigenvalue weighted by Crippen LogP contribution is -2.45. The van der Waals surface area contributed by atoms with Crippen molar-refractivity contribution in [1.82, 2.24) is 14.9 Å². The van der Waals surface area contributed by atoms with Gasteiger partial charge >= 0.3 is 17.8 Å². The van der Waals surface area contributed by atoms with Crippen molar-refractivity contribution in [2.75, 3.05) is 12.4 Å². The van der Waals surface area contributed by atoms with Crippen molar-refractivity contribution in [3.05, 3.63) is 105 Å². The van der Waals surface area contributed by atoms with Gasteiger partial charge in [-0.3, -0.25) is 14.3 Å². The van der Waals surface area contributed by atoms with E-state index in [-0.39, 0.29) is 12.4 Å². The number of halogens is 1. The lowest BCUT2D eigenvalue weighted by atomic mass is 10.1. The summed E-state index contributed by atoms with van der Waals surface area (Å²) in [7, 11) is 0. The predicted molar refractivity (Wildman–Crippen MR) is 144 cm³/mol. The number of thioether (sulfide) groups is 1. The number of aliphatic hydroxyl groups excluding tert-OH is 2. The van der Waals surface area contributed by atoms with Crippen LogP contribution in [0.3, 0.4) is 0 Å². The molecule has 14 heteroatoms. The number of rotatable bonds is 11. The van der Waals surface area contributed by atoms with E-state index < -0.39 is 66.3 Å². The van der Waals surface area contributed by atoms with Crippen molar-refractivity contribution in [3.8, 4) is 0 Å². The van der Waals surface area contributed by atoms with Crippen LogP contribution < -0.4 is 16.6 Å². The predicted octanol–water partition coefficient (Wildman–Crippen LogP) is 1.07. The number of ether oxygens (including phenoxy) is 3. The number of aromatic amines is 1. The molecule has 4 rings (SSSR count). The Bertz CT molecular complexity index is 1440. The van der Waals surface area contributed by atoms with Gasteiger partial charge in [0.15, 0.2) is 6.23 Å². The highest BCUT2D eigenvalue weighted by atomic mass is 32.2. The quantitative estimate of drug-likeness (QED) is 0.237. The second-order valence-electron chi connectivity index (χ2n) is 9.08. The Morgan fingerprint density at radius 1 is 1.02 bits per heavy atom. The molecule has 1 aromatic heterocycles. The number of aliphatic hydroxyl groups is 2. The molecule has 2 unspecified atom stereocenters. The maximum absolute atomic E-state index is 13.7. The Balaban J connectivity index is 1.37. The molecule has 5 atom stereocenters. The standard InChI is InChI=1S/C27H28FN3O9S/c28-18-11-31(26(36)30-23(18)34)24-22(33)21(32)20(40-24)13-38-25(35)19(15-41-14-17-9-5-2-6-10-17)29-27(37)39-12-16-7-3-1-4-8-16/h1-11,19-22,24,32-33H,12-15H2,(H,29,37)(H,30,34,36)/t19-,20-,21?,22?,24-/m0/s1. The smallest absolute Gasteiger partial charge is 0.408 e. The lowest BCUT2D eigenvalue weighted by Gasteiger charge is -2.20. The SMILES string of the molecule is O=C(N[C@@H](CSCc1ccccc1)C(=O)OC[C@@H]1O[C@H](n2cc(F)c(=O)[nH]c2=O)C(O)C1O)OCc1ccccc1. The number of nitrogens with one attached hydrogen (secondary N) is 2. The van der Waals surface area contributed by atoms with Gasteiger partial charge in [-0.25, -0.2) is 14.4 Å². The molecule has 0 saturated carbocycles. The highest BCUT2D eigenvalue weighted by molar-refractivity contribution is 7.98. The molecular weight excluding hydrogens is 561 g/mol. The molecule has 2 aromatic carbocycles. The third-order valence-corrected chi connectivity index (χ3v) is 7.22. The van der Waals surface area contributed by atoms with E-state index in [0.29, 0.717) is 16.5 Å². The Morgan fingerprint density at radius 3 is 2.37 bits per heavy atom. The minimum atomic E-state index is -1.70. The number of amides is 1. The average Bonchev–Trinajstić information content (AvgIpc) is 3.25. The van der Waals surface area contributed by atoms with Crippen LogP contribution in [0.4, 0.5) is 9.18 Å². The summed E-state index contributed by atoms with van der Waals surface area (Å²) in [5.41, 5.74) is -0.565. The van der Waals surface area contributed by atoms with Gasteiger partial charge in [0, 0.05) is 11.5 Å². The van der Waals surface area contributed by atoms with Crippen LogP contribution in [0.25, 0.3) is 0 Å². The van der Waals surface area contributed by atoms with Gasteiger partial charge in [-0.05, 0) is 11.1 Å². The summed E-state index contributed by atoms with van der Waals surface area (Å²) in [5.74, 6) is -1.48. The third kappa shape index (κ3) is 8.04. The van der Waals surface area contributed by atoms with Crippen LogP contribution >= 0.6 is 11.8 Å². The number of alkyl carbamates (subject to hydrolysis) is 1. The fourth-order valence-corrected chi connectivity index (χ4v) is 4.96. The number of nitrogens with zero attached hydrogens (tertiary/aromatic N) is 1. The molecule has 0 radical (unpaired) electrons. The molecular formula is C27H28FN3O9S. The molecule has 1 aliphatic rings. The fourth-order valence-electron chi connectivity index (χ4n) is 3.96. The lowest BCUT2D eigenvalue weighted by molar-refractivity contribution is -0.151. The Kier molecular flexibility index (Phi) is 10.3. The van der Waals surface area contributed by atoms with Crippen molar-refractivity contribution in [2.45, 2.75) is 42.9 Å². The van der Waals surface area contributed by atoms with E-state index in [4.69, 9.17) is 14.2 Å². The Hall–Kier alpha value is -3.98. The first-order valence-electron chi connectivity index (χ1n) is 12.5. The van der Waals surface area contributed by atoms with Gasteiger partial charge in [-0.1, -0.05) is 60.7 Å². The van der Waals surface area contributed by atoms with E-state index in [9.17, 15) is 33.8 Å². The summed E-state index contributed by atoms with van der Waals surface area (Å²) in [6.45, 7) is -0.577. The molecule has 218 valence electrons. The minimum Gasteiger partial charge on any atom is -0.461 e. The minimum absolute atomic E-state index is 0.0162. The molecule has 1 aliphatic heterocycles. The van der Waals surface area contributed by atoms with Gasteiger partial charge in [0.25, 0.3) is 5.56 Å². The van der Waals surface area contributed by atoms with Crippen LogP contribution in [0, 0.1) is 5.82 Å². The zero-order chi connectivity index (χ0) is 29.4. The number of carbonyl (C=O) groups is 2. The normalized spacial score (nSPS) is 20.8. The van der Waals surface area contributed by atoms with Crippen molar-refractivity contribution in [1.29, 1.82) is 0 Å². The summed E-state index contributed by atoms with van der Waals surface area (Å²) in [5, 5.41) is 23.3. The second-order valence-corrected chi connectivity index (χ2v) is 10.1. The molecule has 1 saturated heterocycles. The molecule has 0 bridgehead atoms. The second kappa shape index (κ2) is 14.1. The number of H-pyrrole nitrogens is 1. The third-order valence-electron chi connectivity index (χ3n) is 6.11. The van der Waals surface area contributed by atoms with Crippen molar-refractivity contribution < 1.29 is 38.4 Å². The van der Waals surface area contributed by atoms with E-state index in [0.717, 1.165) is 11.1 Å². The highest BCUT2D eigenvalue weighted by Crippen LogP contribution is 2.28. The van der Waals surface area contributed by atoms with Gasteiger partial charge in [0.05, 0.1) is 6.20 Å². The molecule has 1 amide bonds. The zero-order valence-corrected chi connectivity index (χ0v) is 22.4. The maximum Gasteiger partial charge on any atom is 0.408 e. The van der Waals surface area contributed by atoms with E-state index in [1.54, 1.807) is 29.2 Å². The maximum atomic E-state index is 13.7. The molecule has 1 fully saturated rings. The first-order chi connectivity index (χ1) is 19.7. The van der Waals surface area contributed by atoms with E-state index in [1.165, 1.54) is 11.8 Å². The molecule has 2 heterocycles. The number of hydrogen-bond acceptors (Lipinski definition) is 10. The Morgan fingerprint density at radius 2 is 1.68 bits per heavy atom. The topological polar surface area (TPSA) is 169 Å². The number of hydrogen-bond donors (Lipinski definition) is 4. The van der Waals surface area contributed by atoms with Crippen molar-refractivity contribution >= 4 is 23.8 Å².